The molecule has 0 aliphatic carbocycles. The molecule has 0 radical (unpaired) electrons. The SMILES string of the molecule is COc1cc(-c2cc3nsc(N4CCCCC4)c3cc2Cl)c2ccccc2c1. The first kappa shape index (κ1) is 17.8. The number of hydrogen-bond donors (Lipinski definition) is 0. The number of piperidine rings is 1. The zero-order valence-corrected chi connectivity index (χ0v) is 17.3. The van der Waals surface area contributed by atoms with E-state index in [0.717, 1.165) is 56.7 Å². The van der Waals surface area contributed by atoms with Crippen molar-refractivity contribution >= 4 is 49.8 Å². The van der Waals surface area contributed by atoms with Gasteiger partial charge < -0.3 is 9.64 Å². The molecule has 0 saturated carbocycles. The van der Waals surface area contributed by atoms with Crippen LogP contribution in [0.5, 0.6) is 5.75 Å². The average molecular weight is 409 g/mol. The Bertz CT molecular complexity index is 1160. The maximum absolute atomic E-state index is 6.82. The lowest BCUT2D eigenvalue weighted by Crippen LogP contribution is -2.28. The molecule has 0 amide bonds. The Morgan fingerprint density at radius 3 is 2.61 bits per heavy atom. The normalized spacial score (nSPS) is 14.7. The molecule has 5 rings (SSSR count). The van der Waals surface area contributed by atoms with Gasteiger partial charge in [-0.2, -0.15) is 4.37 Å². The molecule has 5 heteroatoms. The highest BCUT2D eigenvalue weighted by Gasteiger charge is 2.19. The molecule has 0 atom stereocenters. The molecule has 0 N–H and O–H groups in total. The summed E-state index contributed by atoms with van der Waals surface area (Å²) < 4.78 is 10.3. The van der Waals surface area contributed by atoms with Crippen LogP contribution in [-0.4, -0.2) is 24.6 Å². The second-order valence-corrected chi connectivity index (χ2v) is 8.44. The van der Waals surface area contributed by atoms with Crippen molar-refractivity contribution in [1.29, 1.82) is 0 Å². The predicted molar refractivity (Wildman–Crippen MR) is 120 cm³/mol. The monoisotopic (exact) mass is 408 g/mol. The first-order chi connectivity index (χ1) is 13.7. The van der Waals surface area contributed by atoms with Gasteiger partial charge in [0.1, 0.15) is 10.8 Å². The van der Waals surface area contributed by atoms with Gasteiger partial charge >= 0.3 is 0 Å². The van der Waals surface area contributed by atoms with Crippen molar-refractivity contribution < 1.29 is 4.74 Å². The van der Waals surface area contributed by atoms with Crippen LogP contribution in [0.2, 0.25) is 5.02 Å². The molecule has 1 saturated heterocycles. The van der Waals surface area contributed by atoms with Gasteiger partial charge in [-0.1, -0.05) is 35.9 Å². The largest absolute Gasteiger partial charge is 0.497 e. The van der Waals surface area contributed by atoms with Gasteiger partial charge in [0.2, 0.25) is 0 Å². The van der Waals surface area contributed by atoms with Gasteiger partial charge in [0.05, 0.1) is 12.6 Å². The van der Waals surface area contributed by atoms with Gasteiger partial charge in [-0.25, -0.2) is 0 Å². The topological polar surface area (TPSA) is 25.4 Å². The summed E-state index contributed by atoms with van der Waals surface area (Å²) in [5.74, 6) is 0.831. The fourth-order valence-corrected chi connectivity index (χ4v) is 5.27. The molecule has 1 aliphatic heterocycles. The van der Waals surface area contributed by atoms with Crippen molar-refractivity contribution in [2.24, 2.45) is 0 Å². The summed E-state index contributed by atoms with van der Waals surface area (Å²) in [4.78, 5) is 2.46. The van der Waals surface area contributed by atoms with Crippen LogP contribution in [0.1, 0.15) is 19.3 Å². The van der Waals surface area contributed by atoms with Crippen molar-refractivity contribution in [2.45, 2.75) is 19.3 Å². The first-order valence-electron chi connectivity index (χ1n) is 9.65. The summed E-state index contributed by atoms with van der Waals surface area (Å²) in [5.41, 5.74) is 3.09. The number of aromatic nitrogens is 1. The van der Waals surface area contributed by atoms with E-state index < -0.39 is 0 Å². The van der Waals surface area contributed by atoms with Crippen molar-refractivity contribution in [3.8, 4) is 16.9 Å². The number of halogens is 1. The maximum atomic E-state index is 6.82. The van der Waals surface area contributed by atoms with E-state index in [1.165, 1.54) is 24.3 Å². The van der Waals surface area contributed by atoms with E-state index in [1.807, 2.05) is 6.07 Å². The Morgan fingerprint density at radius 1 is 0.964 bits per heavy atom. The second kappa shape index (κ2) is 7.26. The number of ether oxygens (including phenoxy) is 1. The van der Waals surface area contributed by atoms with E-state index >= 15 is 0 Å². The Hall–Kier alpha value is -2.30. The highest BCUT2D eigenvalue weighted by molar-refractivity contribution is 7.11. The lowest BCUT2D eigenvalue weighted by atomic mass is 9.97. The van der Waals surface area contributed by atoms with Crippen LogP contribution in [0, 0.1) is 0 Å². The van der Waals surface area contributed by atoms with Crippen molar-refractivity contribution in [3.63, 3.8) is 0 Å². The number of methoxy groups -OCH3 is 1. The number of anilines is 1. The molecule has 3 aromatic carbocycles. The van der Waals surface area contributed by atoms with Gasteiger partial charge in [0, 0.05) is 29.1 Å². The smallest absolute Gasteiger partial charge is 0.120 e. The molecule has 142 valence electrons. The lowest BCUT2D eigenvalue weighted by Gasteiger charge is -2.27. The maximum Gasteiger partial charge on any atom is 0.120 e. The van der Waals surface area contributed by atoms with Crippen LogP contribution in [0.4, 0.5) is 5.00 Å². The van der Waals surface area contributed by atoms with Crippen LogP contribution >= 0.6 is 23.1 Å². The summed E-state index contributed by atoms with van der Waals surface area (Å²) in [7, 11) is 1.70. The Balaban J connectivity index is 1.68. The fourth-order valence-electron chi connectivity index (χ4n) is 4.11. The average Bonchev–Trinajstić information content (AvgIpc) is 3.15. The lowest BCUT2D eigenvalue weighted by molar-refractivity contribution is 0.415. The highest BCUT2D eigenvalue weighted by atomic mass is 35.5. The van der Waals surface area contributed by atoms with Crippen LogP contribution in [0.15, 0.2) is 48.5 Å². The quantitative estimate of drug-likeness (QED) is 0.374. The number of benzene rings is 3. The van der Waals surface area contributed by atoms with Crippen molar-refractivity contribution in [1.82, 2.24) is 4.37 Å². The minimum atomic E-state index is 0.754. The molecule has 4 aromatic rings. The summed E-state index contributed by atoms with van der Waals surface area (Å²) in [5, 5.41) is 5.46. The van der Waals surface area contributed by atoms with E-state index in [1.54, 1.807) is 18.6 Å². The van der Waals surface area contributed by atoms with Crippen LogP contribution < -0.4 is 9.64 Å². The molecule has 0 bridgehead atoms. The zero-order chi connectivity index (χ0) is 19.1. The van der Waals surface area contributed by atoms with Crippen molar-refractivity contribution in [3.05, 3.63) is 53.6 Å². The fraction of sp³-hybridized carbons (Fsp3) is 0.261. The molecule has 28 heavy (non-hydrogen) atoms. The highest BCUT2D eigenvalue weighted by Crippen LogP contribution is 2.42. The standard InChI is InChI=1S/C23H21ClN2OS/c1-27-16-11-15-7-3-4-8-17(15)18(12-16)19-14-22-20(13-21(19)24)23(28-25-22)26-9-5-2-6-10-26/h3-4,7-8,11-14H,2,5-6,9-10H2,1H3. The molecule has 0 unspecified atom stereocenters. The molecule has 0 spiro atoms. The van der Waals surface area contributed by atoms with E-state index in [4.69, 9.17) is 20.7 Å². The summed E-state index contributed by atoms with van der Waals surface area (Å²) in [6.45, 7) is 2.22. The van der Waals surface area contributed by atoms with E-state index in [0.29, 0.717) is 0 Å². The third kappa shape index (κ3) is 3.01. The van der Waals surface area contributed by atoms with Gasteiger partial charge in [-0.15, -0.1) is 0 Å². The molecule has 1 fully saturated rings. The number of nitrogens with zero attached hydrogens (tertiary/aromatic N) is 2. The van der Waals surface area contributed by atoms with Gasteiger partial charge in [-0.05, 0) is 71.4 Å². The minimum absolute atomic E-state index is 0.754. The summed E-state index contributed by atoms with van der Waals surface area (Å²) >= 11 is 8.40. The summed E-state index contributed by atoms with van der Waals surface area (Å²) in [6.07, 6.45) is 3.82. The zero-order valence-electron chi connectivity index (χ0n) is 15.7. The molecular weight excluding hydrogens is 388 g/mol. The van der Waals surface area contributed by atoms with Gasteiger partial charge in [0.15, 0.2) is 0 Å². The Labute approximate surface area is 173 Å². The van der Waals surface area contributed by atoms with Gasteiger partial charge in [0.25, 0.3) is 0 Å². The molecule has 3 nitrogen and oxygen atoms in total. The van der Waals surface area contributed by atoms with E-state index in [9.17, 15) is 0 Å². The summed E-state index contributed by atoms with van der Waals surface area (Å²) in [6, 6.07) is 16.7. The number of fused-ring (bicyclic) bond motifs is 2. The molecule has 1 aromatic heterocycles. The Kier molecular flexibility index (Phi) is 4.61. The number of rotatable bonds is 3. The van der Waals surface area contributed by atoms with E-state index in [-0.39, 0.29) is 0 Å². The molecular formula is C23H21ClN2OS. The van der Waals surface area contributed by atoms with Crippen molar-refractivity contribution in [2.75, 3.05) is 25.1 Å². The molecule has 1 aliphatic rings. The first-order valence-corrected chi connectivity index (χ1v) is 10.8. The van der Waals surface area contributed by atoms with Crippen LogP contribution in [-0.2, 0) is 0 Å². The minimum Gasteiger partial charge on any atom is -0.497 e. The molecule has 2 heterocycles. The van der Waals surface area contributed by atoms with Crippen LogP contribution in [0.25, 0.3) is 32.8 Å². The van der Waals surface area contributed by atoms with E-state index in [2.05, 4.69) is 47.4 Å². The number of hydrogen-bond acceptors (Lipinski definition) is 4. The third-order valence-electron chi connectivity index (χ3n) is 5.55. The van der Waals surface area contributed by atoms with Gasteiger partial charge in [-0.3, -0.25) is 0 Å². The third-order valence-corrected chi connectivity index (χ3v) is 6.80. The second-order valence-electron chi connectivity index (χ2n) is 7.28. The van der Waals surface area contributed by atoms with Crippen LogP contribution in [0.3, 0.4) is 0 Å². The predicted octanol–water partition coefficient (Wildman–Crippen LogP) is 6.77. The Morgan fingerprint density at radius 2 is 1.79 bits per heavy atom.